The lowest BCUT2D eigenvalue weighted by molar-refractivity contribution is 0.107. The van der Waals surface area contributed by atoms with Crippen molar-refractivity contribution in [3.63, 3.8) is 0 Å². The molecule has 0 aromatic carbocycles. The lowest BCUT2D eigenvalue weighted by atomic mass is 9.86. The monoisotopic (exact) mass is 170 g/mol. The Morgan fingerprint density at radius 1 is 1.58 bits per heavy atom. The van der Waals surface area contributed by atoms with Gasteiger partial charge in [-0.25, -0.2) is 0 Å². The number of rotatable bonds is 2. The van der Waals surface area contributed by atoms with Crippen molar-refractivity contribution in [3.8, 4) is 0 Å². The summed E-state index contributed by atoms with van der Waals surface area (Å²) in [6, 6.07) is 0.154. The molecule has 1 aliphatic rings. The lowest BCUT2D eigenvalue weighted by Gasteiger charge is -2.25. The largest absolute Gasteiger partial charge is 0.379 e. The molecule has 0 bridgehead atoms. The smallest absolute Gasteiger partial charge is 0.105 e. The van der Waals surface area contributed by atoms with Gasteiger partial charge in [0.15, 0.2) is 0 Å². The van der Waals surface area contributed by atoms with Crippen LogP contribution in [-0.4, -0.2) is 17.4 Å². The van der Waals surface area contributed by atoms with Crippen LogP contribution >= 0.6 is 0 Å². The molecule has 0 aromatic heterocycles. The van der Waals surface area contributed by atoms with Crippen molar-refractivity contribution >= 4 is 0 Å². The van der Waals surface area contributed by atoms with Gasteiger partial charge >= 0.3 is 0 Å². The Labute approximate surface area is 73.4 Å². The second kappa shape index (κ2) is 4.03. The number of allylic oxidation sites excluding steroid dienone is 1. The van der Waals surface area contributed by atoms with E-state index in [9.17, 15) is 0 Å². The fourth-order valence-electron chi connectivity index (χ4n) is 1.60. The number of aliphatic hydroxyl groups excluding tert-OH is 1. The molecule has 0 amide bonds. The van der Waals surface area contributed by atoms with Gasteiger partial charge in [0.2, 0.25) is 0 Å². The van der Waals surface area contributed by atoms with E-state index >= 15 is 0 Å². The minimum atomic E-state index is -0.670. The van der Waals surface area contributed by atoms with Gasteiger partial charge in [-0.2, -0.15) is 0 Å². The topological polar surface area (TPSA) is 72.3 Å². The predicted octanol–water partition coefficient (Wildman–Crippen LogP) is 0.337. The molecule has 3 unspecified atom stereocenters. The maximum atomic E-state index is 9.12. The van der Waals surface area contributed by atoms with Gasteiger partial charge in [-0.1, -0.05) is 11.6 Å². The summed E-state index contributed by atoms with van der Waals surface area (Å²) >= 11 is 0. The molecule has 0 fully saturated rings. The van der Waals surface area contributed by atoms with Crippen LogP contribution in [0.5, 0.6) is 0 Å². The minimum Gasteiger partial charge on any atom is -0.379 e. The van der Waals surface area contributed by atoms with E-state index in [0.717, 1.165) is 19.3 Å². The van der Waals surface area contributed by atoms with Crippen molar-refractivity contribution in [2.75, 3.05) is 0 Å². The first-order valence-electron chi connectivity index (χ1n) is 4.49. The van der Waals surface area contributed by atoms with Crippen LogP contribution in [0, 0.1) is 5.92 Å². The first-order valence-corrected chi connectivity index (χ1v) is 4.49. The van der Waals surface area contributed by atoms with Crippen LogP contribution in [0.25, 0.3) is 0 Å². The van der Waals surface area contributed by atoms with Gasteiger partial charge in [0.05, 0.1) is 0 Å². The molecule has 0 aromatic rings. The Morgan fingerprint density at radius 3 is 2.58 bits per heavy atom. The van der Waals surface area contributed by atoms with Crippen LogP contribution in [0.4, 0.5) is 0 Å². The summed E-state index contributed by atoms with van der Waals surface area (Å²) in [5, 5.41) is 9.12. The van der Waals surface area contributed by atoms with Gasteiger partial charge in [-0.05, 0) is 26.2 Å². The van der Waals surface area contributed by atoms with Crippen LogP contribution in [0.15, 0.2) is 11.6 Å². The highest BCUT2D eigenvalue weighted by atomic mass is 16.3. The van der Waals surface area contributed by atoms with Gasteiger partial charge in [0, 0.05) is 12.0 Å². The van der Waals surface area contributed by atoms with Crippen LogP contribution in [0.1, 0.15) is 26.2 Å². The number of hydrogen-bond donors (Lipinski definition) is 3. The first-order chi connectivity index (χ1) is 5.61. The van der Waals surface area contributed by atoms with Crippen molar-refractivity contribution in [3.05, 3.63) is 11.6 Å². The summed E-state index contributed by atoms with van der Waals surface area (Å²) in [4.78, 5) is 0. The minimum absolute atomic E-state index is 0.154. The molecule has 3 heteroatoms. The van der Waals surface area contributed by atoms with E-state index in [1.54, 1.807) is 0 Å². The van der Waals surface area contributed by atoms with Gasteiger partial charge in [-0.3, -0.25) is 0 Å². The Kier molecular flexibility index (Phi) is 3.26. The Hall–Kier alpha value is -0.380. The zero-order valence-electron chi connectivity index (χ0n) is 7.53. The third kappa shape index (κ3) is 2.30. The summed E-state index contributed by atoms with van der Waals surface area (Å²) in [7, 11) is 0. The summed E-state index contributed by atoms with van der Waals surface area (Å²) in [5.41, 5.74) is 12.4. The third-order valence-corrected chi connectivity index (χ3v) is 2.55. The molecule has 3 nitrogen and oxygen atoms in total. The van der Waals surface area contributed by atoms with Gasteiger partial charge in [0.1, 0.15) is 6.23 Å². The number of aliphatic hydroxyl groups is 1. The first kappa shape index (κ1) is 9.71. The quantitative estimate of drug-likeness (QED) is 0.413. The van der Waals surface area contributed by atoms with Crippen molar-refractivity contribution in [2.45, 2.75) is 38.5 Å². The molecule has 0 saturated carbocycles. The van der Waals surface area contributed by atoms with E-state index in [-0.39, 0.29) is 12.0 Å². The number of hydrogen-bond acceptors (Lipinski definition) is 3. The van der Waals surface area contributed by atoms with Crippen molar-refractivity contribution in [1.29, 1.82) is 0 Å². The van der Waals surface area contributed by atoms with Crippen LogP contribution in [-0.2, 0) is 0 Å². The molecule has 0 spiro atoms. The zero-order valence-corrected chi connectivity index (χ0v) is 7.53. The normalized spacial score (nSPS) is 29.3. The molecular formula is C9H18N2O. The average molecular weight is 170 g/mol. The van der Waals surface area contributed by atoms with Crippen molar-refractivity contribution in [2.24, 2.45) is 17.4 Å². The Balaban J connectivity index is 2.47. The van der Waals surface area contributed by atoms with E-state index in [1.807, 2.05) is 6.92 Å². The predicted molar refractivity (Wildman–Crippen MR) is 49.3 cm³/mol. The fourth-order valence-corrected chi connectivity index (χ4v) is 1.60. The Morgan fingerprint density at radius 2 is 2.25 bits per heavy atom. The molecule has 1 rings (SSSR count). The fraction of sp³-hybridized carbons (Fsp3) is 0.778. The van der Waals surface area contributed by atoms with Crippen molar-refractivity contribution < 1.29 is 5.11 Å². The van der Waals surface area contributed by atoms with E-state index in [1.165, 1.54) is 5.57 Å². The van der Waals surface area contributed by atoms with E-state index < -0.39 is 6.23 Å². The van der Waals surface area contributed by atoms with Crippen LogP contribution < -0.4 is 11.5 Å². The van der Waals surface area contributed by atoms with Gasteiger partial charge < -0.3 is 16.6 Å². The summed E-state index contributed by atoms with van der Waals surface area (Å²) < 4.78 is 0. The molecule has 70 valence electrons. The standard InChI is InChI=1S/C9H18N2O/c1-6(10)7-2-4-8(5-3-7)9(11)12/h2,6,8-9,12H,3-5,10-11H2,1H3. The van der Waals surface area contributed by atoms with E-state index in [0.29, 0.717) is 0 Å². The molecule has 0 aliphatic heterocycles. The van der Waals surface area contributed by atoms with Gasteiger partial charge in [0.25, 0.3) is 0 Å². The van der Waals surface area contributed by atoms with E-state index in [2.05, 4.69) is 6.08 Å². The van der Waals surface area contributed by atoms with E-state index in [4.69, 9.17) is 16.6 Å². The highest BCUT2D eigenvalue weighted by molar-refractivity contribution is 5.12. The molecule has 0 heterocycles. The SMILES string of the molecule is CC(N)C1=CCC(C(N)O)CC1. The average Bonchev–Trinajstić information content (AvgIpc) is 2.04. The lowest BCUT2D eigenvalue weighted by Crippen LogP contribution is -2.32. The van der Waals surface area contributed by atoms with Crippen molar-refractivity contribution in [1.82, 2.24) is 0 Å². The molecule has 3 atom stereocenters. The maximum Gasteiger partial charge on any atom is 0.105 e. The Bertz CT molecular complexity index is 175. The molecular weight excluding hydrogens is 152 g/mol. The summed E-state index contributed by atoms with van der Waals surface area (Å²) in [5.74, 6) is 0.229. The third-order valence-electron chi connectivity index (χ3n) is 2.55. The van der Waals surface area contributed by atoms with Crippen LogP contribution in [0.3, 0.4) is 0 Å². The molecule has 1 aliphatic carbocycles. The summed E-state index contributed by atoms with van der Waals surface area (Å²) in [6.07, 6.45) is 4.27. The van der Waals surface area contributed by atoms with Gasteiger partial charge in [-0.15, -0.1) is 0 Å². The maximum absolute atomic E-state index is 9.12. The highest BCUT2D eigenvalue weighted by Gasteiger charge is 2.19. The van der Waals surface area contributed by atoms with Crippen LogP contribution in [0.2, 0.25) is 0 Å². The molecule has 0 radical (unpaired) electrons. The second-order valence-corrected chi connectivity index (χ2v) is 3.59. The second-order valence-electron chi connectivity index (χ2n) is 3.59. The highest BCUT2D eigenvalue weighted by Crippen LogP contribution is 2.25. The molecule has 0 saturated heterocycles. The molecule has 5 N–H and O–H groups in total. The number of nitrogens with two attached hydrogens (primary N) is 2. The molecule has 12 heavy (non-hydrogen) atoms. The summed E-state index contributed by atoms with van der Waals surface area (Å²) in [6.45, 7) is 1.99. The zero-order chi connectivity index (χ0) is 9.14.